The molecule has 0 spiro atoms. The highest BCUT2D eigenvalue weighted by Gasteiger charge is 2.23. The molecule has 130 valence electrons. The Kier molecular flexibility index (Phi) is 5.17. The Morgan fingerprint density at radius 3 is 2.60 bits per heavy atom. The van der Waals surface area contributed by atoms with E-state index in [4.69, 9.17) is 0 Å². The average molecular weight is 336 g/mol. The van der Waals surface area contributed by atoms with E-state index in [1.807, 2.05) is 48.5 Å². The van der Waals surface area contributed by atoms with Gasteiger partial charge in [-0.05, 0) is 42.2 Å². The zero-order valence-corrected chi connectivity index (χ0v) is 14.8. The monoisotopic (exact) mass is 336 g/mol. The van der Waals surface area contributed by atoms with Crippen LogP contribution >= 0.6 is 0 Å². The maximum Gasteiger partial charge on any atom is 0.251 e. The van der Waals surface area contributed by atoms with Gasteiger partial charge in [-0.2, -0.15) is 0 Å². The molecule has 0 aromatic heterocycles. The lowest BCUT2D eigenvalue weighted by Gasteiger charge is -2.19. The van der Waals surface area contributed by atoms with E-state index in [1.54, 1.807) is 11.8 Å². The minimum Gasteiger partial charge on any atom is -0.345 e. The van der Waals surface area contributed by atoms with E-state index in [-0.39, 0.29) is 17.9 Å². The number of carbonyl (C=O) groups is 2. The Morgan fingerprint density at radius 1 is 1.16 bits per heavy atom. The summed E-state index contributed by atoms with van der Waals surface area (Å²) in [5, 5.41) is 3.16. The van der Waals surface area contributed by atoms with Crippen LogP contribution in [0.5, 0.6) is 0 Å². The molecule has 25 heavy (non-hydrogen) atoms. The third-order valence-electron chi connectivity index (χ3n) is 4.70. The number of hydrogen-bond acceptors (Lipinski definition) is 2. The predicted octanol–water partition coefficient (Wildman–Crippen LogP) is 3.87. The molecular weight excluding hydrogens is 312 g/mol. The summed E-state index contributed by atoms with van der Waals surface area (Å²) in [6.07, 6.45) is 2.70. The molecule has 0 radical (unpaired) electrons. The van der Waals surface area contributed by atoms with Crippen molar-refractivity contribution >= 4 is 17.5 Å². The van der Waals surface area contributed by atoms with Gasteiger partial charge in [0, 0.05) is 24.7 Å². The number of fused-ring (bicyclic) bond motifs is 1. The van der Waals surface area contributed by atoms with Crippen LogP contribution in [0, 0.1) is 0 Å². The van der Waals surface area contributed by atoms with Crippen molar-refractivity contribution in [2.75, 3.05) is 11.4 Å². The maximum absolute atomic E-state index is 12.7. The summed E-state index contributed by atoms with van der Waals surface area (Å²) in [5.41, 5.74) is 3.77. The molecule has 2 aromatic rings. The lowest BCUT2D eigenvalue weighted by Crippen LogP contribution is -2.28. The first-order valence-electron chi connectivity index (χ1n) is 8.87. The Balaban J connectivity index is 1.78. The van der Waals surface area contributed by atoms with Crippen molar-refractivity contribution in [2.45, 2.75) is 39.2 Å². The smallest absolute Gasteiger partial charge is 0.251 e. The first-order chi connectivity index (χ1) is 12.1. The summed E-state index contributed by atoms with van der Waals surface area (Å²) in [5.74, 6) is -0.0191. The van der Waals surface area contributed by atoms with Crippen LogP contribution in [0.4, 0.5) is 5.69 Å². The van der Waals surface area contributed by atoms with Gasteiger partial charge >= 0.3 is 0 Å². The Labute approximate surface area is 148 Å². The Morgan fingerprint density at radius 2 is 1.92 bits per heavy atom. The van der Waals surface area contributed by atoms with Crippen LogP contribution in [0.25, 0.3) is 0 Å². The first kappa shape index (κ1) is 17.2. The third-order valence-corrected chi connectivity index (χ3v) is 4.70. The van der Waals surface area contributed by atoms with Gasteiger partial charge in [0.15, 0.2) is 0 Å². The Hall–Kier alpha value is -2.62. The molecular formula is C21H24N2O2. The number of anilines is 1. The minimum atomic E-state index is -0.0635. The molecule has 0 fully saturated rings. The van der Waals surface area contributed by atoms with Crippen LogP contribution in [0.3, 0.4) is 0 Å². The molecule has 1 atom stereocenters. The van der Waals surface area contributed by atoms with Gasteiger partial charge < -0.3 is 10.2 Å². The predicted molar refractivity (Wildman–Crippen MR) is 99.7 cm³/mol. The molecule has 1 heterocycles. The molecule has 1 N–H and O–H groups in total. The van der Waals surface area contributed by atoms with Gasteiger partial charge in [-0.1, -0.05) is 43.7 Å². The molecule has 0 bridgehead atoms. The lowest BCUT2D eigenvalue weighted by atomic mass is 10.0. The number of amides is 2. The fourth-order valence-corrected chi connectivity index (χ4v) is 3.41. The zero-order chi connectivity index (χ0) is 17.8. The number of nitrogens with one attached hydrogen (secondary N) is 1. The molecule has 2 amide bonds. The van der Waals surface area contributed by atoms with Crippen LogP contribution in [0.1, 0.15) is 54.2 Å². The third kappa shape index (κ3) is 3.73. The first-order valence-corrected chi connectivity index (χ1v) is 8.87. The zero-order valence-electron chi connectivity index (χ0n) is 14.8. The summed E-state index contributed by atoms with van der Waals surface area (Å²) < 4.78 is 0. The van der Waals surface area contributed by atoms with Gasteiger partial charge in [0.05, 0.1) is 6.04 Å². The normalized spacial score (nSPS) is 14.1. The highest BCUT2D eigenvalue weighted by atomic mass is 16.2. The highest BCUT2D eigenvalue weighted by Crippen LogP contribution is 2.29. The fraction of sp³-hybridized carbons (Fsp3) is 0.333. The molecule has 0 unspecified atom stereocenters. The second-order valence-electron chi connectivity index (χ2n) is 6.49. The van der Waals surface area contributed by atoms with E-state index in [1.165, 1.54) is 0 Å². The van der Waals surface area contributed by atoms with Gasteiger partial charge in [0.25, 0.3) is 5.91 Å². The second kappa shape index (κ2) is 7.51. The number of benzene rings is 2. The maximum atomic E-state index is 12.7. The molecule has 4 heteroatoms. The number of rotatable bonds is 5. The highest BCUT2D eigenvalue weighted by molar-refractivity contribution is 5.98. The molecule has 2 aromatic carbocycles. The van der Waals surface area contributed by atoms with Crippen molar-refractivity contribution in [1.29, 1.82) is 0 Å². The van der Waals surface area contributed by atoms with Gasteiger partial charge in [-0.25, -0.2) is 0 Å². The summed E-state index contributed by atoms with van der Waals surface area (Å²) in [6, 6.07) is 15.7. The molecule has 1 aliphatic rings. The SMILES string of the molecule is CCC[C@@H](NC(=O)c1ccc2c(c1)CCN2C(C)=O)c1ccccc1. The van der Waals surface area contributed by atoms with Crippen LogP contribution in [-0.2, 0) is 11.2 Å². The van der Waals surface area contributed by atoms with E-state index in [0.29, 0.717) is 12.1 Å². The van der Waals surface area contributed by atoms with Crippen molar-refractivity contribution in [1.82, 2.24) is 5.32 Å². The molecule has 4 nitrogen and oxygen atoms in total. The molecule has 0 saturated heterocycles. The van der Waals surface area contributed by atoms with Crippen molar-refractivity contribution < 1.29 is 9.59 Å². The number of carbonyl (C=O) groups excluding carboxylic acids is 2. The summed E-state index contributed by atoms with van der Waals surface area (Å²) in [7, 11) is 0. The van der Waals surface area contributed by atoms with Crippen LogP contribution < -0.4 is 10.2 Å². The van der Waals surface area contributed by atoms with E-state index in [9.17, 15) is 9.59 Å². The van der Waals surface area contributed by atoms with Crippen LogP contribution in [0.15, 0.2) is 48.5 Å². The summed E-state index contributed by atoms with van der Waals surface area (Å²) >= 11 is 0. The average Bonchev–Trinajstić information content (AvgIpc) is 3.05. The molecule has 0 saturated carbocycles. The summed E-state index contributed by atoms with van der Waals surface area (Å²) in [6.45, 7) is 4.39. The van der Waals surface area contributed by atoms with Gasteiger partial charge in [0.2, 0.25) is 5.91 Å². The largest absolute Gasteiger partial charge is 0.345 e. The fourth-order valence-electron chi connectivity index (χ4n) is 3.41. The Bertz CT molecular complexity index is 771. The molecule has 0 aliphatic carbocycles. The molecule has 3 rings (SSSR count). The van der Waals surface area contributed by atoms with Gasteiger partial charge in [-0.15, -0.1) is 0 Å². The topological polar surface area (TPSA) is 49.4 Å². The van der Waals surface area contributed by atoms with E-state index in [0.717, 1.165) is 36.1 Å². The number of nitrogens with zero attached hydrogens (tertiary/aromatic N) is 1. The standard InChI is InChI=1S/C21H24N2O2/c1-3-7-19(16-8-5-4-6-9-16)22-21(25)18-10-11-20-17(14-18)12-13-23(20)15(2)24/h4-6,8-11,14,19H,3,7,12-13H2,1-2H3,(H,22,25)/t19-/m1/s1. The van der Waals surface area contributed by atoms with E-state index in [2.05, 4.69) is 12.2 Å². The summed E-state index contributed by atoms with van der Waals surface area (Å²) in [4.78, 5) is 26.1. The lowest BCUT2D eigenvalue weighted by molar-refractivity contribution is -0.116. The number of hydrogen-bond donors (Lipinski definition) is 1. The van der Waals surface area contributed by atoms with Crippen molar-refractivity contribution in [3.63, 3.8) is 0 Å². The molecule has 1 aliphatic heterocycles. The van der Waals surface area contributed by atoms with E-state index < -0.39 is 0 Å². The quantitative estimate of drug-likeness (QED) is 0.901. The van der Waals surface area contributed by atoms with Crippen molar-refractivity contribution in [3.05, 3.63) is 65.2 Å². The van der Waals surface area contributed by atoms with Crippen molar-refractivity contribution in [2.24, 2.45) is 0 Å². The minimum absolute atomic E-state index is 0.0145. The van der Waals surface area contributed by atoms with Gasteiger partial charge in [0.1, 0.15) is 0 Å². The van der Waals surface area contributed by atoms with Crippen LogP contribution in [-0.4, -0.2) is 18.4 Å². The second-order valence-corrected chi connectivity index (χ2v) is 6.49. The van der Waals surface area contributed by atoms with Gasteiger partial charge in [-0.3, -0.25) is 9.59 Å². The van der Waals surface area contributed by atoms with Crippen molar-refractivity contribution in [3.8, 4) is 0 Å². The van der Waals surface area contributed by atoms with E-state index >= 15 is 0 Å². The van der Waals surface area contributed by atoms with Crippen LogP contribution in [0.2, 0.25) is 0 Å².